The molecule has 3 aromatic rings. The smallest absolute Gasteiger partial charge is 0.323 e. The number of hydrogen-bond acceptors (Lipinski definition) is 3. The minimum Gasteiger partial charge on any atom is -0.490 e. The highest BCUT2D eigenvalue weighted by molar-refractivity contribution is 5.80. The minimum atomic E-state index is -0.213. The van der Waals surface area contributed by atoms with Gasteiger partial charge in [-0.1, -0.05) is 36.4 Å². The Bertz CT molecular complexity index is 793. The molecular formula is C18H21N3O2. The molecule has 0 atom stereocenters. The van der Waals surface area contributed by atoms with Gasteiger partial charge in [-0.2, -0.15) is 0 Å². The molecule has 5 nitrogen and oxygen atoms in total. The lowest BCUT2D eigenvalue weighted by Crippen LogP contribution is -2.22. The molecule has 0 saturated heterocycles. The molecular weight excluding hydrogens is 290 g/mol. The SMILES string of the molecule is O=c1[nH]c2cccc(OCCNCCCc3ccccc3)c2[nH]1. The van der Waals surface area contributed by atoms with E-state index in [1.54, 1.807) is 0 Å². The van der Waals surface area contributed by atoms with Crippen LogP contribution < -0.4 is 15.7 Å². The first-order chi connectivity index (χ1) is 11.3. The summed E-state index contributed by atoms with van der Waals surface area (Å²) in [6, 6.07) is 16.1. The Kier molecular flexibility index (Phi) is 5.11. The van der Waals surface area contributed by atoms with Crippen molar-refractivity contribution in [1.29, 1.82) is 0 Å². The fourth-order valence-electron chi connectivity index (χ4n) is 2.57. The van der Waals surface area contributed by atoms with Crippen molar-refractivity contribution in [2.75, 3.05) is 19.7 Å². The van der Waals surface area contributed by atoms with Gasteiger partial charge < -0.3 is 20.0 Å². The molecule has 1 aromatic heterocycles. The van der Waals surface area contributed by atoms with Crippen LogP contribution in [0.3, 0.4) is 0 Å². The second-order valence-corrected chi connectivity index (χ2v) is 5.45. The van der Waals surface area contributed by atoms with Crippen molar-refractivity contribution >= 4 is 11.0 Å². The lowest BCUT2D eigenvalue weighted by atomic mass is 10.1. The Hall–Kier alpha value is -2.53. The summed E-state index contributed by atoms with van der Waals surface area (Å²) in [5.41, 5.74) is 2.65. The lowest BCUT2D eigenvalue weighted by molar-refractivity contribution is 0.317. The number of H-pyrrole nitrogens is 2. The van der Waals surface area contributed by atoms with E-state index in [0.29, 0.717) is 12.4 Å². The summed E-state index contributed by atoms with van der Waals surface area (Å²) in [4.78, 5) is 16.8. The minimum absolute atomic E-state index is 0.213. The van der Waals surface area contributed by atoms with Crippen molar-refractivity contribution < 1.29 is 4.74 Å². The number of benzene rings is 2. The number of ether oxygens (including phenoxy) is 1. The molecule has 3 rings (SSSR count). The van der Waals surface area contributed by atoms with Crippen LogP contribution in [0.2, 0.25) is 0 Å². The van der Waals surface area contributed by atoms with E-state index in [9.17, 15) is 4.79 Å². The topological polar surface area (TPSA) is 69.9 Å². The summed E-state index contributed by atoms with van der Waals surface area (Å²) in [7, 11) is 0. The van der Waals surface area contributed by atoms with Crippen molar-refractivity contribution in [3.8, 4) is 5.75 Å². The number of aromatic amines is 2. The van der Waals surface area contributed by atoms with Crippen LogP contribution in [0.15, 0.2) is 53.3 Å². The van der Waals surface area contributed by atoms with Gasteiger partial charge in [0.05, 0.1) is 5.52 Å². The number of rotatable bonds is 8. The van der Waals surface area contributed by atoms with E-state index in [-0.39, 0.29) is 5.69 Å². The van der Waals surface area contributed by atoms with Crippen molar-refractivity contribution in [1.82, 2.24) is 15.3 Å². The third-order valence-electron chi connectivity index (χ3n) is 3.71. The fourth-order valence-corrected chi connectivity index (χ4v) is 2.57. The summed E-state index contributed by atoms with van der Waals surface area (Å²) >= 11 is 0. The molecule has 23 heavy (non-hydrogen) atoms. The Morgan fingerprint density at radius 2 is 1.83 bits per heavy atom. The maximum absolute atomic E-state index is 11.3. The summed E-state index contributed by atoms with van der Waals surface area (Å²) in [5.74, 6) is 0.701. The van der Waals surface area contributed by atoms with Crippen molar-refractivity contribution in [3.63, 3.8) is 0 Å². The van der Waals surface area contributed by atoms with E-state index in [1.807, 2.05) is 24.3 Å². The molecule has 2 aromatic carbocycles. The number of fused-ring (bicyclic) bond motifs is 1. The van der Waals surface area contributed by atoms with Gasteiger partial charge in [0.15, 0.2) is 0 Å². The van der Waals surface area contributed by atoms with Crippen molar-refractivity contribution in [2.24, 2.45) is 0 Å². The first-order valence-corrected chi connectivity index (χ1v) is 7.91. The van der Waals surface area contributed by atoms with Crippen LogP contribution in [0.4, 0.5) is 0 Å². The number of para-hydroxylation sites is 1. The molecule has 3 N–H and O–H groups in total. The maximum Gasteiger partial charge on any atom is 0.323 e. The Balaban J connectivity index is 1.37. The molecule has 0 unspecified atom stereocenters. The summed E-state index contributed by atoms with van der Waals surface area (Å²) in [6.45, 7) is 2.31. The van der Waals surface area contributed by atoms with Gasteiger partial charge in [0.1, 0.15) is 17.9 Å². The zero-order valence-corrected chi connectivity index (χ0v) is 13.0. The highest BCUT2D eigenvalue weighted by Gasteiger charge is 2.04. The fraction of sp³-hybridized carbons (Fsp3) is 0.278. The Morgan fingerprint density at radius 1 is 0.957 bits per heavy atom. The van der Waals surface area contributed by atoms with Crippen molar-refractivity contribution in [2.45, 2.75) is 12.8 Å². The van der Waals surface area contributed by atoms with Crippen LogP contribution in [0, 0.1) is 0 Å². The highest BCUT2D eigenvalue weighted by Crippen LogP contribution is 2.20. The molecule has 0 radical (unpaired) electrons. The first-order valence-electron chi connectivity index (χ1n) is 7.91. The van der Waals surface area contributed by atoms with Gasteiger partial charge in [0, 0.05) is 6.54 Å². The van der Waals surface area contributed by atoms with Crippen LogP contribution in [0.25, 0.3) is 11.0 Å². The molecule has 0 aliphatic rings. The van der Waals surface area contributed by atoms with Gasteiger partial charge in [-0.15, -0.1) is 0 Å². The molecule has 0 amide bonds. The average molecular weight is 311 g/mol. The zero-order chi connectivity index (χ0) is 15.9. The van der Waals surface area contributed by atoms with E-state index in [2.05, 4.69) is 39.6 Å². The molecule has 0 fully saturated rings. The number of hydrogen-bond donors (Lipinski definition) is 3. The number of aryl methyl sites for hydroxylation is 1. The van der Waals surface area contributed by atoms with Crippen LogP contribution in [0.5, 0.6) is 5.75 Å². The molecule has 120 valence electrons. The molecule has 0 aliphatic heterocycles. The molecule has 0 bridgehead atoms. The quantitative estimate of drug-likeness (QED) is 0.560. The molecule has 5 heteroatoms. The standard InChI is InChI=1S/C18H21N3O2/c22-18-20-15-9-4-10-16(17(15)21-18)23-13-12-19-11-5-8-14-6-2-1-3-7-14/h1-4,6-7,9-10,19H,5,8,11-13H2,(H2,20,21,22). The molecule has 0 aliphatic carbocycles. The van der Waals surface area contributed by atoms with Gasteiger partial charge in [-0.3, -0.25) is 0 Å². The highest BCUT2D eigenvalue weighted by atomic mass is 16.5. The summed E-state index contributed by atoms with van der Waals surface area (Å²) in [6.07, 6.45) is 2.18. The second kappa shape index (κ2) is 7.65. The number of aromatic nitrogens is 2. The largest absolute Gasteiger partial charge is 0.490 e. The van der Waals surface area contributed by atoms with E-state index in [1.165, 1.54) is 5.56 Å². The molecule has 0 saturated carbocycles. The first kappa shape index (κ1) is 15.4. The third-order valence-corrected chi connectivity index (χ3v) is 3.71. The maximum atomic E-state index is 11.3. The van der Waals surface area contributed by atoms with Gasteiger partial charge in [-0.05, 0) is 37.1 Å². The normalized spacial score (nSPS) is 11.0. The number of nitrogens with one attached hydrogen (secondary N) is 3. The predicted octanol–water partition coefficient (Wildman–Crippen LogP) is 2.46. The predicted molar refractivity (Wildman–Crippen MR) is 92.0 cm³/mol. The van der Waals surface area contributed by atoms with E-state index >= 15 is 0 Å². The van der Waals surface area contributed by atoms with Gasteiger partial charge >= 0.3 is 5.69 Å². The third kappa shape index (κ3) is 4.23. The average Bonchev–Trinajstić information content (AvgIpc) is 2.96. The summed E-state index contributed by atoms with van der Waals surface area (Å²) in [5, 5.41) is 3.37. The Labute approximate surface area is 134 Å². The van der Waals surface area contributed by atoms with Gasteiger partial charge in [-0.25, -0.2) is 4.79 Å². The van der Waals surface area contributed by atoms with E-state index in [4.69, 9.17) is 4.74 Å². The Morgan fingerprint density at radius 3 is 2.70 bits per heavy atom. The van der Waals surface area contributed by atoms with Crippen LogP contribution in [-0.2, 0) is 6.42 Å². The van der Waals surface area contributed by atoms with Gasteiger partial charge in [0.25, 0.3) is 0 Å². The molecule has 0 spiro atoms. The van der Waals surface area contributed by atoms with Crippen LogP contribution in [0.1, 0.15) is 12.0 Å². The van der Waals surface area contributed by atoms with Crippen LogP contribution in [-0.4, -0.2) is 29.7 Å². The van der Waals surface area contributed by atoms with Crippen LogP contribution >= 0.6 is 0 Å². The van der Waals surface area contributed by atoms with Crippen molar-refractivity contribution in [3.05, 3.63) is 64.6 Å². The second-order valence-electron chi connectivity index (χ2n) is 5.45. The number of imidazole rings is 1. The van der Waals surface area contributed by atoms with E-state index < -0.39 is 0 Å². The van der Waals surface area contributed by atoms with E-state index in [0.717, 1.165) is 37.0 Å². The zero-order valence-electron chi connectivity index (χ0n) is 13.0. The lowest BCUT2D eigenvalue weighted by Gasteiger charge is -2.08. The molecule has 1 heterocycles. The van der Waals surface area contributed by atoms with Gasteiger partial charge in [0.2, 0.25) is 0 Å². The monoisotopic (exact) mass is 311 g/mol. The summed E-state index contributed by atoms with van der Waals surface area (Å²) < 4.78 is 5.74.